The van der Waals surface area contributed by atoms with Crippen molar-refractivity contribution < 1.29 is 49.6 Å². The first-order valence-electron chi connectivity index (χ1n) is 10.2. The van der Waals surface area contributed by atoms with Gasteiger partial charge < -0.3 is 44.8 Å². The number of carbonyl (C=O) groups is 1. The molecule has 0 radical (unpaired) electrons. The first-order chi connectivity index (χ1) is 15.7. The highest BCUT2D eigenvalue weighted by Crippen LogP contribution is 2.27. The summed E-state index contributed by atoms with van der Waals surface area (Å²) in [6, 6.07) is 8.34. The van der Waals surface area contributed by atoms with E-state index < -0.39 is 36.7 Å². The zero-order valence-corrected chi connectivity index (χ0v) is 17.7. The molecule has 0 saturated carbocycles. The lowest BCUT2D eigenvalue weighted by Crippen LogP contribution is -2.58. The predicted molar refractivity (Wildman–Crippen MR) is 114 cm³/mol. The number of phenols is 4. The zero-order valence-electron chi connectivity index (χ0n) is 17.7. The molecule has 178 valence electrons. The zero-order chi connectivity index (χ0) is 24.1. The van der Waals surface area contributed by atoms with Crippen LogP contribution in [0.25, 0.3) is 6.08 Å². The van der Waals surface area contributed by atoms with Crippen molar-refractivity contribution >= 4 is 12.0 Å². The number of hydrogen-bond donors (Lipinski definition) is 6. The van der Waals surface area contributed by atoms with Crippen molar-refractivity contribution in [3.05, 3.63) is 53.6 Å². The normalized spacial score (nSPS) is 25.2. The van der Waals surface area contributed by atoms with Gasteiger partial charge in [-0.1, -0.05) is 12.1 Å². The van der Waals surface area contributed by atoms with Crippen molar-refractivity contribution in [2.24, 2.45) is 0 Å². The van der Waals surface area contributed by atoms with Crippen LogP contribution in [-0.2, 0) is 25.4 Å². The first kappa shape index (κ1) is 24.3. The molecular weight excluding hydrogens is 436 g/mol. The molecule has 1 aliphatic heterocycles. The number of benzene rings is 2. The number of phenolic OH excluding ortho intramolecular Hbond substituents is 4. The third-order valence-electron chi connectivity index (χ3n) is 5.15. The quantitative estimate of drug-likeness (QED) is 0.200. The van der Waals surface area contributed by atoms with Crippen molar-refractivity contribution in [3.63, 3.8) is 0 Å². The molecule has 3 rings (SSSR count). The summed E-state index contributed by atoms with van der Waals surface area (Å²) < 4.78 is 16.3. The molecule has 5 atom stereocenters. The predicted octanol–water partition coefficient (Wildman–Crippen LogP) is 1.16. The van der Waals surface area contributed by atoms with Crippen LogP contribution >= 0.6 is 0 Å². The lowest BCUT2D eigenvalue weighted by molar-refractivity contribution is -0.294. The highest BCUT2D eigenvalue weighted by atomic mass is 16.7. The number of aliphatic hydroxyl groups excluding tert-OH is 2. The molecule has 10 heteroatoms. The average Bonchev–Trinajstić information content (AvgIpc) is 2.78. The Morgan fingerprint density at radius 1 is 0.970 bits per heavy atom. The summed E-state index contributed by atoms with van der Waals surface area (Å²) in [5, 5.41) is 58.5. The average molecular weight is 462 g/mol. The van der Waals surface area contributed by atoms with Gasteiger partial charge >= 0.3 is 5.97 Å². The van der Waals surface area contributed by atoms with Gasteiger partial charge in [-0.15, -0.1) is 0 Å². The number of aromatic hydroxyl groups is 4. The second-order valence-electron chi connectivity index (χ2n) is 7.62. The molecule has 2 aromatic rings. The molecule has 0 aliphatic carbocycles. The molecule has 1 saturated heterocycles. The summed E-state index contributed by atoms with van der Waals surface area (Å²) in [5.41, 5.74) is 1.12. The molecule has 0 bridgehead atoms. The summed E-state index contributed by atoms with van der Waals surface area (Å²) in [6.07, 6.45) is -3.27. The monoisotopic (exact) mass is 462 g/mol. The fraction of sp³-hybridized carbons (Fsp3) is 0.348. The molecule has 0 amide bonds. The molecule has 0 unspecified atom stereocenters. The van der Waals surface area contributed by atoms with E-state index in [0.29, 0.717) is 17.5 Å². The van der Waals surface area contributed by atoms with E-state index in [1.54, 1.807) is 13.0 Å². The molecule has 1 fully saturated rings. The Morgan fingerprint density at radius 2 is 1.64 bits per heavy atom. The van der Waals surface area contributed by atoms with Gasteiger partial charge in [-0.25, -0.2) is 4.79 Å². The van der Waals surface area contributed by atoms with Crippen molar-refractivity contribution in [3.8, 4) is 23.0 Å². The third-order valence-corrected chi connectivity index (χ3v) is 5.15. The highest BCUT2D eigenvalue weighted by Gasteiger charge is 2.45. The minimum absolute atomic E-state index is 0.0953. The number of carbonyl (C=O) groups excluding carboxylic acids is 1. The van der Waals surface area contributed by atoms with Crippen molar-refractivity contribution in [1.29, 1.82) is 0 Å². The highest BCUT2D eigenvalue weighted by molar-refractivity contribution is 5.87. The lowest BCUT2D eigenvalue weighted by Gasteiger charge is -2.40. The Balaban J connectivity index is 1.52. The maximum atomic E-state index is 12.2. The Hall–Kier alpha value is -3.31. The molecule has 33 heavy (non-hydrogen) atoms. The second kappa shape index (κ2) is 10.5. The van der Waals surface area contributed by atoms with Gasteiger partial charge in [-0.05, 0) is 54.8 Å². The molecule has 1 heterocycles. The van der Waals surface area contributed by atoms with Gasteiger partial charge in [0.1, 0.15) is 12.2 Å². The molecule has 6 N–H and O–H groups in total. The topological polar surface area (TPSA) is 166 Å². The fourth-order valence-electron chi connectivity index (χ4n) is 3.31. The van der Waals surface area contributed by atoms with Crippen LogP contribution in [0.4, 0.5) is 0 Å². The van der Waals surface area contributed by atoms with Crippen LogP contribution < -0.4 is 0 Å². The summed E-state index contributed by atoms with van der Waals surface area (Å²) in [5.74, 6) is -1.93. The minimum atomic E-state index is -1.48. The molecule has 2 aromatic carbocycles. The Bertz CT molecular complexity index is 1000. The molecule has 0 spiro atoms. The molecular formula is C23H26O10. The number of ether oxygens (including phenoxy) is 3. The van der Waals surface area contributed by atoms with E-state index in [1.165, 1.54) is 36.4 Å². The van der Waals surface area contributed by atoms with Gasteiger partial charge in [-0.2, -0.15) is 0 Å². The van der Waals surface area contributed by atoms with E-state index in [2.05, 4.69) is 0 Å². The van der Waals surface area contributed by atoms with E-state index in [4.69, 9.17) is 14.2 Å². The van der Waals surface area contributed by atoms with Crippen LogP contribution in [0.2, 0.25) is 0 Å². The van der Waals surface area contributed by atoms with Crippen LogP contribution in [0.15, 0.2) is 42.5 Å². The van der Waals surface area contributed by atoms with Crippen molar-refractivity contribution in [1.82, 2.24) is 0 Å². The Labute approximate surface area is 189 Å². The van der Waals surface area contributed by atoms with Gasteiger partial charge in [-0.3, -0.25) is 0 Å². The van der Waals surface area contributed by atoms with Crippen molar-refractivity contribution in [2.75, 3.05) is 6.61 Å². The fourth-order valence-corrected chi connectivity index (χ4v) is 3.31. The molecule has 10 nitrogen and oxygen atoms in total. The summed E-state index contributed by atoms with van der Waals surface area (Å²) in [4.78, 5) is 12.2. The SMILES string of the molecule is C[C@H]1O[C@@H](OCCc2ccc(O)c(O)c2)[C@H](O)[C@@H](O)[C@@H]1OC(=O)/C=C/c1ccc(O)c(O)c1. The minimum Gasteiger partial charge on any atom is -0.504 e. The third kappa shape index (κ3) is 6.14. The van der Waals surface area contributed by atoms with Crippen LogP contribution in [-0.4, -0.2) is 73.9 Å². The summed E-state index contributed by atoms with van der Waals surface area (Å²) >= 11 is 0. The Morgan fingerprint density at radius 3 is 2.30 bits per heavy atom. The van der Waals surface area contributed by atoms with Crippen molar-refractivity contribution in [2.45, 2.75) is 44.1 Å². The largest absolute Gasteiger partial charge is 0.504 e. The van der Waals surface area contributed by atoms with Crippen LogP contribution in [0.5, 0.6) is 23.0 Å². The van der Waals surface area contributed by atoms with Gasteiger partial charge in [0, 0.05) is 6.08 Å². The van der Waals surface area contributed by atoms with E-state index in [0.717, 1.165) is 6.08 Å². The van der Waals surface area contributed by atoms with Crippen LogP contribution in [0.3, 0.4) is 0 Å². The van der Waals surface area contributed by atoms with Gasteiger partial charge in [0.15, 0.2) is 35.4 Å². The van der Waals surface area contributed by atoms with Gasteiger partial charge in [0.25, 0.3) is 0 Å². The lowest BCUT2D eigenvalue weighted by atomic mass is 9.99. The number of hydrogen-bond acceptors (Lipinski definition) is 10. The maximum absolute atomic E-state index is 12.2. The van der Waals surface area contributed by atoms with Crippen LogP contribution in [0.1, 0.15) is 18.1 Å². The van der Waals surface area contributed by atoms with E-state index >= 15 is 0 Å². The van der Waals surface area contributed by atoms with E-state index in [1.807, 2.05) is 0 Å². The van der Waals surface area contributed by atoms with Gasteiger partial charge in [0.2, 0.25) is 0 Å². The first-order valence-corrected chi connectivity index (χ1v) is 10.2. The standard InChI is InChI=1S/C23H26O10/c1-12-22(33-19(28)7-4-13-2-5-15(24)17(26)10-13)20(29)21(30)23(32-12)31-9-8-14-3-6-16(25)18(27)11-14/h2-7,10-12,20-27,29-30H,8-9H2,1H3/b7-4+/t12-,20-,21-,22-,23-/m1/s1. The van der Waals surface area contributed by atoms with E-state index in [9.17, 15) is 35.4 Å². The second-order valence-corrected chi connectivity index (χ2v) is 7.62. The summed E-state index contributed by atoms with van der Waals surface area (Å²) in [7, 11) is 0. The number of aliphatic hydroxyl groups is 2. The molecule has 1 aliphatic rings. The maximum Gasteiger partial charge on any atom is 0.331 e. The number of rotatable bonds is 7. The Kier molecular flexibility index (Phi) is 7.77. The smallest absolute Gasteiger partial charge is 0.331 e. The van der Waals surface area contributed by atoms with E-state index in [-0.39, 0.29) is 29.6 Å². The summed E-state index contributed by atoms with van der Waals surface area (Å²) in [6.45, 7) is 1.65. The van der Waals surface area contributed by atoms with Crippen LogP contribution in [0, 0.1) is 0 Å². The van der Waals surface area contributed by atoms with Gasteiger partial charge in [0.05, 0.1) is 12.7 Å². The number of esters is 1. The molecule has 0 aromatic heterocycles.